The Labute approximate surface area is 347 Å². The van der Waals surface area contributed by atoms with Crippen LogP contribution in [0, 0.1) is 0 Å². The SMILES string of the molecule is CC/C=C\C/C=C\CC(O)/C=C/C=C\C/C=C\C/C=C\CCC(=O)OC[C@H](COP(=O)(O)OCC[N+](C)(C)C)OC(=O)CCCCCCCCCCCCCCC. The third kappa shape index (κ3) is 41.4. The molecular weight excluding hydrogens is 741 g/mol. The second kappa shape index (κ2) is 37.7. The van der Waals surface area contributed by atoms with Crippen molar-refractivity contribution in [2.24, 2.45) is 0 Å². The minimum Gasteiger partial charge on any atom is -0.462 e. The normalized spacial score (nSPS) is 14.9. The summed E-state index contributed by atoms with van der Waals surface area (Å²) in [6.07, 6.45) is 42.8. The minimum atomic E-state index is -4.40. The highest BCUT2D eigenvalue weighted by atomic mass is 31.2. The summed E-state index contributed by atoms with van der Waals surface area (Å²) in [5.41, 5.74) is 0. The predicted octanol–water partition coefficient (Wildman–Crippen LogP) is 11.2. The number of ether oxygens (including phenoxy) is 2. The van der Waals surface area contributed by atoms with Gasteiger partial charge in [-0.15, -0.1) is 0 Å². The molecule has 0 rings (SSSR count). The van der Waals surface area contributed by atoms with Gasteiger partial charge in [-0.05, 0) is 44.9 Å². The first kappa shape index (κ1) is 54.4. The number of aliphatic hydroxyl groups excluding tert-OH is 1. The van der Waals surface area contributed by atoms with Gasteiger partial charge in [0, 0.05) is 12.8 Å². The van der Waals surface area contributed by atoms with Crippen molar-refractivity contribution in [3.8, 4) is 0 Å². The molecule has 2 N–H and O–H groups in total. The molecule has 2 unspecified atom stereocenters. The molecule has 0 spiro atoms. The van der Waals surface area contributed by atoms with E-state index in [2.05, 4.69) is 32.1 Å². The van der Waals surface area contributed by atoms with Crippen LogP contribution in [0.25, 0.3) is 0 Å². The van der Waals surface area contributed by atoms with Gasteiger partial charge < -0.3 is 24.0 Å². The summed E-state index contributed by atoms with van der Waals surface area (Å²) in [5.74, 6) is -0.930. The molecule has 0 fully saturated rings. The van der Waals surface area contributed by atoms with Gasteiger partial charge in [0.1, 0.15) is 19.8 Å². The van der Waals surface area contributed by atoms with Crippen LogP contribution in [0.2, 0.25) is 0 Å². The Kier molecular flexibility index (Phi) is 36.0. The quantitative estimate of drug-likeness (QED) is 0.0156. The van der Waals surface area contributed by atoms with Gasteiger partial charge in [0.05, 0.1) is 33.9 Å². The van der Waals surface area contributed by atoms with Crippen LogP contribution in [-0.2, 0) is 32.7 Å². The molecule has 0 saturated carbocycles. The van der Waals surface area contributed by atoms with E-state index in [0.29, 0.717) is 30.3 Å². The molecule has 0 radical (unpaired) electrons. The average Bonchev–Trinajstić information content (AvgIpc) is 3.15. The number of esters is 2. The van der Waals surface area contributed by atoms with E-state index in [9.17, 15) is 24.2 Å². The molecule has 0 bridgehead atoms. The van der Waals surface area contributed by atoms with Crippen LogP contribution >= 0.6 is 7.82 Å². The third-order valence-corrected chi connectivity index (χ3v) is 9.83. The maximum absolute atomic E-state index is 12.7. The topological polar surface area (TPSA) is 129 Å². The molecule has 0 aliphatic carbocycles. The maximum atomic E-state index is 12.7. The van der Waals surface area contributed by atoms with Crippen molar-refractivity contribution in [3.63, 3.8) is 0 Å². The van der Waals surface area contributed by atoms with Crippen molar-refractivity contribution < 1.29 is 47.2 Å². The summed E-state index contributed by atoms with van der Waals surface area (Å²) < 4.78 is 34.1. The van der Waals surface area contributed by atoms with Crippen molar-refractivity contribution in [1.29, 1.82) is 0 Å². The molecule has 0 aromatic heterocycles. The van der Waals surface area contributed by atoms with Gasteiger partial charge in [-0.25, -0.2) is 4.57 Å². The van der Waals surface area contributed by atoms with Crippen molar-refractivity contribution in [1.82, 2.24) is 0 Å². The van der Waals surface area contributed by atoms with Crippen LogP contribution in [0.3, 0.4) is 0 Å². The first-order chi connectivity index (χ1) is 27.4. The smallest absolute Gasteiger partial charge is 0.462 e. The highest BCUT2D eigenvalue weighted by Gasteiger charge is 2.27. The van der Waals surface area contributed by atoms with Gasteiger partial charge in [0.2, 0.25) is 0 Å². The summed E-state index contributed by atoms with van der Waals surface area (Å²) in [6, 6.07) is 0. The number of aliphatic hydroxyl groups is 1. The number of allylic oxidation sites excluding steroid dienone is 10. The zero-order valence-electron chi connectivity index (χ0n) is 36.4. The number of hydrogen-bond acceptors (Lipinski definition) is 8. The van der Waals surface area contributed by atoms with E-state index >= 15 is 0 Å². The molecule has 10 nitrogen and oxygen atoms in total. The van der Waals surface area contributed by atoms with E-state index in [1.807, 2.05) is 69.8 Å². The summed E-state index contributed by atoms with van der Waals surface area (Å²) in [6.45, 7) is 4.12. The summed E-state index contributed by atoms with van der Waals surface area (Å²) in [5, 5.41) is 10.0. The van der Waals surface area contributed by atoms with Crippen LogP contribution in [0.15, 0.2) is 72.9 Å². The monoisotopic (exact) mass is 823 g/mol. The Morgan fingerprint density at radius 2 is 1.21 bits per heavy atom. The van der Waals surface area contributed by atoms with Crippen LogP contribution in [0.4, 0.5) is 0 Å². The first-order valence-electron chi connectivity index (χ1n) is 21.8. The molecule has 0 aromatic carbocycles. The van der Waals surface area contributed by atoms with Gasteiger partial charge in [0.15, 0.2) is 6.10 Å². The number of rotatable bonds is 38. The van der Waals surface area contributed by atoms with Gasteiger partial charge >= 0.3 is 19.8 Å². The Bertz CT molecular complexity index is 1220. The zero-order valence-corrected chi connectivity index (χ0v) is 37.3. The molecule has 57 heavy (non-hydrogen) atoms. The minimum absolute atomic E-state index is 0.00984. The fraction of sp³-hybridized carbons (Fsp3) is 0.696. The van der Waals surface area contributed by atoms with E-state index < -0.39 is 38.6 Å². The van der Waals surface area contributed by atoms with E-state index in [1.54, 1.807) is 6.08 Å². The Balaban J connectivity index is 4.54. The lowest BCUT2D eigenvalue weighted by molar-refractivity contribution is -0.870. The number of nitrogens with zero attached hydrogens (tertiary/aromatic N) is 1. The lowest BCUT2D eigenvalue weighted by atomic mass is 10.0. The molecule has 0 amide bonds. The van der Waals surface area contributed by atoms with Crippen molar-refractivity contribution in [3.05, 3.63) is 72.9 Å². The van der Waals surface area contributed by atoms with E-state index in [1.165, 1.54) is 57.8 Å². The summed E-state index contributed by atoms with van der Waals surface area (Å²) >= 11 is 0. The Morgan fingerprint density at radius 1 is 0.649 bits per heavy atom. The van der Waals surface area contributed by atoms with Gasteiger partial charge in [-0.3, -0.25) is 18.6 Å². The third-order valence-electron chi connectivity index (χ3n) is 8.84. The average molecular weight is 823 g/mol. The summed E-state index contributed by atoms with van der Waals surface area (Å²) in [7, 11) is 1.40. The Hall–Kier alpha value is -2.59. The second-order valence-corrected chi connectivity index (χ2v) is 17.0. The highest BCUT2D eigenvalue weighted by Crippen LogP contribution is 2.43. The van der Waals surface area contributed by atoms with E-state index in [0.717, 1.165) is 44.9 Å². The molecule has 328 valence electrons. The predicted molar refractivity (Wildman–Crippen MR) is 235 cm³/mol. The zero-order chi connectivity index (χ0) is 42.3. The number of unbranched alkanes of at least 4 members (excludes halogenated alkanes) is 12. The largest absolute Gasteiger partial charge is 0.472 e. The van der Waals surface area contributed by atoms with Crippen molar-refractivity contribution in [2.45, 2.75) is 161 Å². The molecule has 0 saturated heterocycles. The number of carbonyl (C=O) groups excluding carboxylic acids is 2. The van der Waals surface area contributed by atoms with Crippen molar-refractivity contribution >= 4 is 19.8 Å². The van der Waals surface area contributed by atoms with Gasteiger partial charge in [0.25, 0.3) is 0 Å². The number of hydrogen-bond donors (Lipinski definition) is 2. The lowest BCUT2D eigenvalue weighted by Crippen LogP contribution is -2.37. The standard InChI is InChI=1S/C46H80NO9P/c1-6-8-10-12-14-15-16-17-18-23-26-30-34-38-46(50)56-44(42-55-57(51,52)54-40-39-47(3,4)5)41-53-45(49)37-33-29-25-22-20-19-21-24-28-32-36-43(48)35-31-27-13-11-9-7-2/h9,11,19-20,24-25,27-29,31-32,36,43-44,48H,6-8,10,12-18,21-23,26,30,33-35,37-42H2,1-5H3/p+1/b11-9-,20-19-,28-24-,29-25-,31-27-,36-32+/t43?,44-/m1/s1. The van der Waals surface area contributed by atoms with Crippen LogP contribution in [0.1, 0.15) is 149 Å². The maximum Gasteiger partial charge on any atom is 0.472 e. The van der Waals surface area contributed by atoms with Crippen LogP contribution in [-0.4, -0.2) is 86.1 Å². The number of phosphoric ester groups is 1. The van der Waals surface area contributed by atoms with Gasteiger partial charge in [-0.2, -0.15) is 0 Å². The van der Waals surface area contributed by atoms with E-state index in [-0.39, 0.29) is 26.1 Å². The fourth-order valence-corrected chi connectivity index (χ4v) is 6.16. The van der Waals surface area contributed by atoms with Crippen LogP contribution in [0.5, 0.6) is 0 Å². The van der Waals surface area contributed by atoms with Gasteiger partial charge in [-0.1, -0.05) is 164 Å². The number of carbonyl (C=O) groups is 2. The molecule has 0 aliphatic heterocycles. The first-order valence-corrected chi connectivity index (χ1v) is 23.3. The molecule has 0 aromatic rings. The number of quaternary nitrogens is 1. The summed E-state index contributed by atoms with van der Waals surface area (Å²) in [4.78, 5) is 35.3. The van der Waals surface area contributed by atoms with E-state index in [4.69, 9.17) is 18.5 Å². The molecule has 0 aliphatic rings. The molecular formula is C46H81NO9P+. The molecule has 3 atom stereocenters. The fourth-order valence-electron chi connectivity index (χ4n) is 5.42. The second-order valence-electron chi connectivity index (χ2n) is 15.6. The lowest BCUT2D eigenvalue weighted by Gasteiger charge is -2.24. The molecule has 0 heterocycles. The highest BCUT2D eigenvalue weighted by molar-refractivity contribution is 7.47. The number of likely N-dealkylation sites (N-methyl/N-ethyl adjacent to an activating group) is 1. The van der Waals surface area contributed by atoms with Crippen LogP contribution < -0.4 is 0 Å². The molecule has 11 heteroatoms. The number of phosphoric acid groups is 1. The Morgan fingerprint density at radius 3 is 1.82 bits per heavy atom. The van der Waals surface area contributed by atoms with Crippen molar-refractivity contribution in [2.75, 3.05) is 47.5 Å².